The summed E-state index contributed by atoms with van der Waals surface area (Å²) in [6.07, 6.45) is 0. The van der Waals surface area contributed by atoms with E-state index in [0.29, 0.717) is 5.92 Å². The predicted molar refractivity (Wildman–Crippen MR) is 72.6 cm³/mol. The Morgan fingerprint density at radius 1 is 1.29 bits per heavy atom. The fourth-order valence-electron chi connectivity index (χ4n) is 1.89. The van der Waals surface area contributed by atoms with Crippen molar-refractivity contribution < 1.29 is 4.74 Å². The van der Waals surface area contributed by atoms with Gasteiger partial charge in [0.25, 0.3) is 0 Å². The molecular weight excluding hydrogens is 212 g/mol. The first kappa shape index (κ1) is 14.0. The van der Waals surface area contributed by atoms with Crippen molar-refractivity contribution >= 4 is 0 Å². The molecule has 0 aliphatic heterocycles. The zero-order valence-electron chi connectivity index (χ0n) is 11.6. The quantitative estimate of drug-likeness (QED) is 0.588. The molecule has 2 N–H and O–H groups in total. The normalized spacial score (nSPS) is 10.9. The summed E-state index contributed by atoms with van der Waals surface area (Å²) >= 11 is 0. The summed E-state index contributed by atoms with van der Waals surface area (Å²) in [5, 5.41) is 6.43. The van der Waals surface area contributed by atoms with Crippen LogP contribution < -0.4 is 15.4 Å². The van der Waals surface area contributed by atoms with Gasteiger partial charge in [-0.05, 0) is 42.6 Å². The van der Waals surface area contributed by atoms with Crippen LogP contribution in [0.5, 0.6) is 5.75 Å². The van der Waals surface area contributed by atoms with Gasteiger partial charge in [-0.25, -0.2) is 0 Å². The molecule has 0 aliphatic rings. The van der Waals surface area contributed by atoms with Gasteiger partial charge >= 0.3 is 0 Å². The van der Waals surface area contributed by atoms with Gasteiger partial charge in [-0.1, -0.05) is 19.9 Å². The van der Waals surface area contributed by atoms with Crippen LogP contribution in [-0.2, 0) is 6.54 Å². The van der Waals surface area contributed by atoms with E-state index < -0.39 is 0 Å². The zero-order valence-corrected chi connectivity index (χ0v) is 11.6. The van der Waals surface area contributed by atoms with Gasteiger partial charge in [-0.3, -0.25) is 0 Å². The van der Waals surface area contributed by atoms with Crippen LogP contribution >= 0.6 is 0 Å². The minimum atomic E-state index is 0.480. The first-order chi connectivity index (χ1) is 8.10. The lowest BCUT2D eigenvalue weighted by Crippen LogP contribution is -2.25. The van der Waals surface area contributed by atoms with Gasteiger partial charge in [0.2, 0.25) is 0 Å². The zero-order chi connectivity index (χ0) is 12.8. The van der Waals surface area contributed by atoms with Gasteiger partial charge < -0.3 is 15.4 Å². The molecule has 0 radical (unpaired) electrons. The second-order valence-corrected chi connectivity index (χ2v) is 4.63. The lowest BCUT2D eigenvalue weighted by molar-refractivity contribution is 0.407. The molecule has 1 rings (SSSR count). The Balaban J connectivity index is 2.94. The molecule has 0 atom stereocenters. The summed E-state index contributed by atoms with van der Waals surface area (Å²) in [5.74, 6) is 1.48. The van der Waals surface area contributed by atoms with Crippen LogP contribution in [-0.4, -0.2) is 20.8 Å². The maximum atomic E-state index is 5.44. The van der Waals surface area contributed by atoms with Crippen LogP contribution in [0.15, 0.2) is 12.1 Å². The molecule has 0 fully saturated rings. The summed E-state index contributed by atoms with van der Waals surface area (Å²) in [7, 11) is 3.67. The molecule has 3 nitrogen and oxygen atoms in total. The molecule has 0 aromatic heterocycles. The van der Waals surface area contributed by atoms with Gasteiger partial charge in [0.15, 0.2) is 0 Å². The Morgan fingerprint density at radius 3 is 2.53 bits per heavy atom. The molecule has 17 heavy (non-hydrogen) atoms. The van der Waals surface area contributed by atoms with Crippen LogP contribution in [0.4, 0.5) is 0 Å². The Kier molecular flexibility index (Phi) is 5.45. The van der Waals surface area contributed by atoms with Crippen LogP contribution in [0.3, 0.4) is 0 Å². The van der Waals surface area contributed by atoms with Crippen molar-refractivity contribution in [2.24, 2.45) is 0 Å². The van der Waals surface area contributed by atoms with E-state index >= 15 is 0 Å². The van der Waals surface area contributed by atoms with E-state index in [0.717, 1.165) is 19.0 Å². The number of methoxy groups -OCH3 is 1. The van der Waals surface area contributed by atoms with Gasteiger partial charge in [0, 0.05) is 13.2 Å². The maximum absolute atomic E-state index is 5.44. The van der Waals surface area contributed by atoms with E-state index in [2.05, 4.69) is 43.5 Å². The summed E-state index contributed by atoms with van der Waals surface area (Å²) in [5.41, 5.74) is 3.89. The minimum absolute atomic E-state index is 0.480. The van der Waals surface area contributed by atoms with E-state index in [4.69, 9.17) is 4.74 Å². The van der Waals surface area contributed by atoms with Crippen molar-refractivity contribution in [3.05, 3.63) is 28.8 Å². The van der Waals surface area contributed by atoms with Crippen molar-refractivity contribution in [2.45, 2.75) is 33.2 Å². The molecule has 0 amide bonds. The lowest BCUT2D eigenvalue weighted by atomic mass is 9.96. The van der Waals surface area contributed by atoms with Crippen molar-refractivity contribution in [3.8, 4) is 5.75 Å². The van der Waals surface area contributed by atoms with Crippen molar-refractivity contribution in [1.82, 2.24) is 10.6 Å². The third kappa shape index (κ3) is 3.72. The monoisotopic (exact) mass is 236 g/mol. The number of aryl methyl sites for hydroxylation is 1. The number of hydrogen-bond donors (Lipinski definition) is 2. The van der Waals surface area contributed by atoms with Gasteiger partial charge in [-0.15, -0.1) is 0 Å². The largest absolute Gasteiger partial charge is 0.496 e. The van der Waals surface area contributed by atoms with E-state index in [9.17, 15) is 0 Å². The Morgan fingerprint density at radius 2 is 2.00 bits per heavy atom. The average molecular weight is 236 g/mol. The van der Waals surface area contributed by atoms with Crippen molar-refractivity contribution in [1.29, 1.82) is 0 Å². The Bertz CT molecular complexity index is 361. The maximum Gasteiger partial charge on any atom is 0.122 e. The first-order valence-electron chi connectivity index (χ1n) is 6.12. The van der Waals surface area contributed by atoms with Crippen molar-refractivity contribution in [3.63, 3.8) is 0 Å². The van der Waals surface area contributed by atoms with Crippen molar-refractivity contribution in [2.75, 3.05) is 20.8 Å². The fourth-order valence-corrected chi connectivity index (χ4v) is 1.89. The van der Waals surface area contributed by atoms with Gasteiger partial charge in [0.05, 0.1) is 7.11 Å². The highest BCUT2D eigenvalue weighted by Gasteiger charge is 2.10. The molecule has 3 heteroatoms. The van der Waals surface area contributed by atoms with Crippen LogP contribution in [0.1, 0.15) is 36.5 Å². The number of benzene rings is 1. The van der Waals surface area contributed by atoms with Gasteiger partial charge in [-0.2, -0.15) is 0 Å². The van der Waals surface area contributed by atoms with Crippen LogP contribution in [0.2, 0.25) is 0 Å². The van der Waals surface area contributed by atoms with Crippen LogP contribution in [0.25, 0.3) is 0 Å². The Labute approximate surface area is 105 Å². The smallest absolute Gasteiger partial charge is 0.122 e. The number of hydrogen-bond acceptors (Lipinski definition) is 3. The average Bonchev–Trinajstić information content (AvgIpc) is 2.30. The highest BCUT2D eigenvalue weighted by molar-refractivity contribution is 5.43. The summed E-state index contributed by atoms with van der Waals surface area (Å²) in [6.45, 7) is 8.22. The molecule has 0 heterocycles. The standard InChI is InChI=1S/C14H24N2O/c1-10(2)13-7-12(8-16-9-15-4)11(3)6-14(13)17-5/h6-7,10,15-16H,8-9H2,1-5H3. The number of rotatable bonds is 6. The van der Waals surface area contributed by atoms with Crippen LogP contribution in [0, 0.1) is 6.92 Å². The van der Waals surface area contributed by atoms with Gasteiger partial charge in [0.1, 0.15) is 5.75 Å². The highest BCUT2D eigenvalue weighted by atomic mass is 16.5. The SMILES string of the molecule is CNCNCc1cc(C(C)C)c(OC)cc1C. The third-order valence-electron chi connectivity index (χ3n) is 2.93. The number of ether oxygens (including phenoxy) is 1. The fraction of sp³-hybridized carbons (Fsp3) is 0.571. The molecule has 0 aliphatic carbocycles. The first-order valence-corrected chi connectivity index (χ1v) is 6.12. The van der Waals surface area contributed by atoms with E-state index in [-0.39, 0.29) is 0 Å². The second kappa shape index (κ2) is 6.62. The third-order valence-corrected chi connectivity index (χ3v) is 2.93. The predicted octanol–water partition coefficient (Wildman–Crippen LogP) is 2.39. The van der Waals surface area contributed by atoms with E-state index in [1.165, 1.54) is 16.7 Å². The summed E-state index contributed by atoms with van der Waals surface area (Å²) in [6, 6.07) is 4.38. The second-order valence-electron chi connectivity index (χ2n) is 4.63. The summed E-state index contributed by atoms with van der Waals surface area (Å²) < 4.78 is 5.44. The molecule has 1 aromatic carbocycles. The topological polar surface area (TPSA) is 33.3 Å². The van der Waals surface area contributed by atoms with E-state index in [1.54, 1.807) is 7.11 Å². The molecule has 0 spiro atoms. The molecule has 1 aromatic rings. The Hall–Kier alpha value is -1.06. The molecule has 96 valence electrons. The summed E-state index contributed by atoms with van der Waals surface area (Å²) in [4.78, 5) is 0. The molecule has 0 bridgehead atoms. The molecular formula is C14H24N2O. The lowest BCUT2D eigenvalue weighted by Gasteiger charge is -2.16. The highest BCUT2D eigenvalue weighted by Crippen LogP contribution is 2.29. The van der Waals surface area contributed by atoms with E-state index in [1.807, 2.05) is 7.05 Å². The number of nitrogens with one attached hydrogen (secondary N) is 2. The molecule has 0 saturated carbocycles. The molecule has 0 unspecified atom stereocenters. The minimum Gasteiger partial charge on any atom is -0.496 e. The molecule has 0 saturated heterocycles.